The van der Waals surface area contributed by atoms with Crippen molar-refractivity contribution in [3.63, 3.8) is 0 Å². The van der Waals surface area contributed by atoms with Crippen molar-refractivity contribution < 1.29 is 22.7 Å². The van der Waals surface area contributed by atoms with Crippen molar-refractivity contribution in [2.75, 3.05) is 11.9 Å². The molecule has 128 valence electrons. The maximum Gasteiger partial charge on any atom is 0.416 e. The Balaban J connectivity index is 2.01. The van der Waals surface area contributed by atoms with Crippen LogP contribution < -0.4 is 10.1 Å². The molecule has 6 heteroatoms. The molecular weight excluding hydrogens is 319 g/mol. The van der Waals surface area contributed by atoms with Crippen LogP contribution in [-0.2, 0) is 17.4 Å². The lowest BCUT2D eigenvalue weighted by Crippen LogP contribution is -2.15. The zero-order chi connectivity index (χ0) is 17.6. The average Bonchev–Trinajstić information content (AvgIpc) is 2.53. The van der Waals surface area contributed by atoms with E-state index in [-0.39, 0.29) is 12.3 Å². The van der Waals surface area contributed by atoms with Crippen LogP contribution in [0.5, 0.6) is 5.75 Å². The van der Waals surface area contributed by atoms with Gasteiger partial charge in [0, 0.05) is 0 Å². The molecule has 2 aromatic rings. The molecule has 0 fully saturated rings. The summed E-state index contributed by atoms with van der Waals surface area (Å²) in [4.78, 5) is 12.1. The minimum absolute atomic E-state index is 0.0136. The van der Waals surface area contributed by atoms with E-state index in [0.29, 0.717) is 23.6 Å². The number of hydrogen-bond donors (Lipinski definition) is 1. The molecular formula is C18H18F3NO2. The molecule has 0 atom stereocenters. The number of halogens is 3. The maximum absolute atomic E-state index is 12.5. The lowest BCUT2D eigenvalue weighted by Gasteiger charge is -2.12. The quantitative estimate of drug-likeness (QED) is 0.831. The Morgan fingerprint density at radius 1 is 1.08 bits per heavy atom. The molecule has 0 radical (unpaired) electrons. The van der Waals surface area contributed by atoms with Gasteiger partial charge in [0.25, 0.3) is 0 Å². The van der Waals surface area contributed by atoms with Crippen LogP contribution in [0.15, 0.2) is 48.5 Å². The molecule has 0 aliphatic carbocycles. The number of amides is 1. The number of carbonyl (C=O) groups excluding carboxylic acids is 1. The fourth-order valence-corrected chi connectivity index (χ4v) is 2.10. The van der Waals surface area contributed by atoms with Crippen LogP contribution in [0.1, 0.15) is 24.5 Å². The molecule has 0 saturated heterocycles. The summed E-state index contributed by atoms with van der Waals surface area (Å²) in [5, 5.41) is 2.73. The first-order chi connectivity index (χ1) is 11.4. The van der Waals surface area contributed by atoms with E-state index in [1.165, 1.54) is 12.1 Å². The molecule has 2 aromatic carbocycles. The smallest absolute Gasteiger partial charge is 0.416 e. The number of anilines is 1. The summed E-state index contributed by atoms with van der Waals surface area (Å²) in [6, 6.07) is 11.6. The number of hydrogen-bond acceptors (Lipinski definition) is 2. The Hall–Kier alpha value is -2.50. The lowest BCUT2D eigenvalue weighted by atomic mass is 10.1. The summed E-state index contributed by atoms with van der Waals surface area (Å²) in [5.74, 6) is 0.252. The van der Waals surface area contributed by atoms with Crippen LogP contribution in [0.25, 0.3) is 0 Å². The van der Waals surface area contributed by atoms with Gasteiger partial charge in [-0.25, -0.2) is 0 Å². The summed E-state index contributed by atoms with van der Waals surface area (Å²) >= 11 is 0. The monoisotopic (exact) mass is 337 g/mol. The third kappa shape index (κ3) is 5.01. The molecule has 0 saturated carbocycles. The summed E-state index contributed by atoms with van der Waals surface area (Å²) in [6.45, 7) is 2.51. The lowest BCUT2D eigenvalue weighted by molar-refractivity contribution is -0.137. The van der Waals surface area contributed by atoms with Gasteiger partial charge in [0.2, 0.25) is 5.91 Å². The number of ether oxygens (including phenoxy) is 1. The second-order valence-electron chi connectivity index (χ2n) is 5.26. The zero-order valence-corrected chi connectivity index (χ0v) is 13.2. The van der Waals surface area contributed by atoms with Gasteiger partial charge in [-0.05, 0) is 36.2 Å². The standard InChI is InChI=1S/C18H18F3NO2/c1-2-11-24-16-6-4-3-5-15(16)22-17(23)12-13-7-9-14(10-8-13)18(19,20)21/h3-10H,2,11-12H2,1H3,(H,22,23). The number of para-hydroxylation sites is 2. The molecule has 0 aliphatic rings. The van der Waals surface area contributed by atoms with E-state index in [1.807, 2.05) is 6.92 Å². The summed E-state index contributed by atoms with van der Waals surface area (Å²) in [5.41, 5.74) is 0.320. The number of alkyl halides is 3. The molecule has 0 bridgehead atoms. The third-order valence-corrected chi connectivity index (χ3v) is 3.27. The molecule has 0 unspecified atom stereocenters. The number of benzene rings is 2. The van der Waals surface area contributed by atoms with Gasteiger partial charge in [0.1, 0.15) is 5.75 Å². The molecule has 0 aliphatic heterocycles. The minimum atomic E-state index is -4.38. The highest BCUT2D eigenvalue weighted by atomic mass is 19.4. The summed E-state index contributed by atoms with van der Waals surface area (Å²) in [7, 11) is 0. The van der Waals surface area contributed by atoms with Crippen LogP contribution in [-0.4, -0.2) is 12.5 Å². The van der Waals surface area contributed by atoms with Gasteiger partial charge in [0.15, 0.2) is 0 Å². The number of nitrogens with one attached hydrogen (secondary N) is 1. The first-order valence-corrected chi connectivity index (χ1v) is 7.58. The number of rotatable bonds is 6. The topological polar surface area (TPSA) is 38.3 Å². The Kier molecular flexibility index (Phi) is 5.84. The summed E-state index contributed by atoms with van der Waals surface area (Å²) < 4.78 is 43.1. The molecule has 0 heterocycles. The molecule has 3 nitrogen and oxygen atoms in total. The molecule has 24 heavy (non-hydrogen) atoms. The Morgan fingerprint density at radius 2 is 1.75 bits per heavy atom. The largest absolute Gasteiger partial charge is 0.491 e. The first kappa shape index (κ1) is 17.8. The van der Waals surface area contributed by atoms with Gasteiger partial charge >= 0.3 is 6.18 Å². The van der Waals surface area contributed by atoms with E-state index in [9.17, 15) is 18.0 Å². The second kappa shape index (κ2) is 7.86. The fourth-order valence-electron chi connectivity index (χ4n) is 2.10. The SMILES string of the molecule is CCCOc1ccccc1NC(=O)Cc1ccc(C(F)(F)F)cc1. The predicted octanol–water partition coefficient (Wildman–Crippen LogP) is 4.68. The first-order valence-electron chi connectivity index (χ1n) is 7.58. The molecule has 2 rings (SSSR count). The van der Waals surface area contributed by atoms with E-state index in [0.717, 1.165) is 18.6 Å². The Labute approximate surface area is 138 Å². The zero-order valence-electron chi connectivity index (χ0n) is 13.2. The predicted molar refractivity (Wildman–Crippen MR) is 86.0 cm³/mol. The molecule has 0 spiro atoms. The normalized spacial score (nSPS) is 11.2. The van der Waals surface area contributed by atoms with Crippen LogP contribution in [0.2, 0.25) is 0 Å². The average molecular weight is 337 g/mol. The van der Waals surface area contributed by atoms with Crippen molar-refractivity contribution in [1.29, 1.82) is 0 Å². The summed E-state index contributed by atoms with van der Waals surface area (Å²) in [6.07, 6.45) is -3.55. The minimum Gasteiger partial charge on any atom is -0.491 e. The van der Waals surface area contributed by atoms with Crippen LogP contribution in [0.3, 0.4) is 0 Å². The van der Waals surface area contributed by atoms with Crippen LogP contribution in [0, 0.1) is 0 Å². The van der Waals surface area contributed by atoms with Crippen molar-refractivity contribution in [2.45, 2.75) is 25.9 Å². The van der Waals surface area contributed by atoms with Gasteiger partial charge < -0.3 is 10.1 Å². The molecule has 1 N–H and O–H groups in total. The highest BCUT2D eigenvalue weighted by Crippen LogP contribution is 2.29. The fraction of sp³-hybridized carbons (Fsp3) is 0.278. The molecule has 0 aromatic heterocycles. The number of carbonyl (C=O) groups is 1. The highest BCUT2D eigenvalue weighted by Gasteiger charge is 2.29. The van der Waals surface area contributed by atoms with E-state index < -0.39 is 11.7 Å². The van der Waals surface area contributed by atoms with Gasteiger partial charge in [-0.3, -0.25) is 4.79 Å². The Morgan fingerprint density at radius 3 is 2.38 bits per heavy atom. The van der Waals surface area contributed by atoms with Crippen molar-refractivity contribution in [1.82, 2.24) is 0 Å². The molecule has 1 amide bonds. The van der Waals surface area contributed by atoms with Gasteiger partial charge in [-0.1, -0.05) is 31.2 Å². The van der Waals surface area contributed by atoms with Crippen molar-refractivity contribution >= 4 is 11.6 Å². The van der Waals surface area contributed by atoms with E-state index in [1.54, 1.807) is 24.3 Å². The van der Waals surface area contributed by atoms with E-state index in [2.05, 4.69) is 5.32 Å². The van der Waals surface area contributed by atoms with E-state index in [4.69, 9.17) is 4.74 Å². The van der Waals surface area contributed by atoms with Crippen LogP contribution >= 0.6 is 0 Å². The second-order valence-corrected chi connectivity index (χ2v) is 5.26. The third-order valence-electron chi connectivity index (χ3n) is 3.27. The van der Waals surface area contributed by atoms with Crippen molar-refractivity contribution in [3.05, 3.63) is 59.7 Å². The maximum atomic E-state index is 12.5. The van der Waals surface area contributed by atoms with Crippen molar-refractivity contribution in [2.24, 2.45) is 0 Å². The highest BCUT2D eigenvalue weighted by molar-refractivity contribution is 5.93. The van der Waals surface area contributed by atoms with Crippen LogP contribution in [0.4, 0.5) is 18.9 Å². The Bertz CT molecular complexity index is 681. The van der Waals surface area contributed by atoms with Gasteiger partial charge in [0.05, 0.1) is 24.3 Å². The van der Waals surface area contributed by atoms with Gasteiger partial charge in [-0.15, -0.1) is 0 Å². The van der Waals surface area contributed by atoms with E-state index >= 15 is 0 Å². The van der Waals surface area contributed by atoms with Crippen molar-refractivity contribution in [3.8, 4) is 5.75 Å². The van der Waals surface area contributed by atoms with Gasteiger partial charge in [-0.2, -0.15) is 13.2 Å².